The number of rotatable bonds is 6. The van der Waals surface area contributed by atoms with Crippen molar-refractivity contribution in [3.63, 3.8) is 0 Å². The van der Waals surface area contributed by atoms with Gasteiger partial charge in [0.15, 0.2) is 8.32 Å². The van der Waals surface area contributed by atoms with E-state index < -0.39 is 8.32 Å². The number of H-pyrrole nitrogens is 1. The summed E-state index contributed by atoms with van der Waals surface area (Å²) in [6.07, 6.45) is 8.13. The van der Waals surface area contributed by atoms with Gasteiger partial charge in [-0.15, -0.1) is 0 Å². The number of hydrogen-bond acceptors (Lipinski definition) is 6. The summed E-state index contributed by atoms with van der Waals surface area (Å²) < 4.78 is 13.1. The van der Waals surface area contributed by atoms with Crippen LogP contribution in [0.25, 0.3) is 21.9 Å². The Labute approximate surface area is 207 Å². The minimum atomic E-state index is -1.74. The van der Waals surface area contributed by atoms with E-state index in [1.807, 2.05) is 42.6 Å². The standard InChI is InChI=1S/C27H35N5O2Si/c1-27(2,3)35(4,5)34-21-12-10-20(11-13-21)33-24-8-6-7-18-16-28-26(32-25(18)24)31-19-9-14-22-23(15-19)30-17-29-22/h6-9,14-17,20-21H,10-13H2,1-5H3,(H,29,30)(H,28,31,32)/t20-,21+. The number of benzene rings is 2. The van der Waals surface area contributed by atoms with Crippen LogP contribution in [0.4, 0.5) is 11.6 Å². The van der Waals surface area contributed by atoms with Crippen LogP contribution in [0.3, 0.4) is 0 Å². The predicted molar refractivity (Wildman–Crippen MR) is 144 cm³/mol. The molecule has 0 radical (unpaired) electrons. The summed E-state index contributed by atoms with van der Waals surface area (Å²) >= 11 is 0. The Kier molecular flexibility index (Phi) is 6.27. The van der Waals surface area contributed by atoms with Crippen molar-refractivity contribution in [2.45, 2.75) is 76.8 Å². The van der Waals surface area contributed by atoms with Crippen LogP contribution in [0.5, 0.6) is 5.75 Å². The Morgan fingerprint density at radius 3 is 2.54 bits per heavy atom. The zero-order valence-corrected chi connectivity index (χ0v) is 22.3. The number of fused-ring (bicyclic) bond motifs is 2. The second-order valence-corrected chi connectivity index (χ2v) is 15.8. The number of hydrogen-bond donors (Lipinski definition) is 2. The Morgan fingerprint density at radius 2 is 1.77 bits per heavy atom. The van der Waals surface area contributed by atoms with Crippen molar-refractivity contribution in [2.75, 3.05) is 5.32 Å². The molecule has 4 aromatic rings. The van der Waals surface area contributed by atoms with Gasteiger partial charge in [0.25, 0.3) is 0 Å². The molecule has 7 nitrogen and oxygen atoms in total. The van der Waals surface area contributed by atoms with E-state index in [9.17, 15) is 0 Å². The molecule has 1 saturated carbocycles. The van der Waals surface area contributed by atoms with Crippen LogP contribution < -0.4 is 10.1 Å². The maximum absolute atomic E-state index is 6.65. The lowest BCUT2D eigenvalue weighted by Crippen LogP contribution is -2.45. The van der Waals surface area contributed by atoms with E-state index >= 15 is 0 Å². The quantitative estimate of drug-likeness (QED) is 0.285. The maximum atomic E-state index is 6.65. The van der Waals surface area contributed by atoms with Gasteiger partial charge in [-0.3, -0.25) is 0 Å². The molecule has 35 heavy (non-hydrogen) atoms. The average Bonchev–Trinajstić information content (AvgIpc) is 3.28. The van der Waals surface area contributed by atoms with Crippen LogP contribution in [0.1, 0.15) is 46.5 Å². The number of para-hydroxylation sites is 1. The van der Waals surface area contributed by atoms with Gasteiger partial charge in [-0.25, -0.2) is 15.0 Å². The molecular formula is C27H35N5O2Si. The second kappa shape index (κ2) is 9.24. The third-order valence-corrected chi connectivity index (χ3v) is 12.0. The molecule has 2 N–H and O–H groups in total. The smallest absolute Gasteiger partial charge is 0.227 e. The van der Waals surface area contributed by atoms with Gasteiger partial charge < -0.3 is 19.5 Å². The van der Waals surface area contributed by atoms with E-state index in [0.717, 1.165) is 59.1 Å². The molecule has 0 spiro atoms. The summed E-state index contributed by atoms with van der Waals surface area (Å²) in [6, 6.07) is 12.0. The van der Waals surface area contributed by atoms with Crippen molar-refractivity contribution in [3.8, 4) is 5.75 Å². The fourth-order valence-corrected chi connectivity index (χ4v) is 5.79. The molecule has 0 saturated heterocycles. The highest BCUT2D eigenvalue weighted by Crippen LogP contribution is 2.39. The molecule has 2 heterocycles. The lowest BCUT2D eigenvalue weighted by molar-refractivity contribution is 0.0732. The minimum Gasteiger partial charge on any atom is -0.488 e. The van der Waals surface area contributed by atoms with E-state index in [0.29, 0.717) is 12.1 Å². The molecule has 8 heteroatoms. The van der Waals surface area contributed by atoms with Crippen molar-refractivity contribution >= 4 is 41.9 Å². The van der Waals surface area contributed by atoms with Gasteiger partial charge in [-0.2, -0.15) is 0 Å². The topological polar surface area (TPSA) is 85.0 Å². The fraction of sp³-hybridized carbons (Fsp3) is 0.444. The Bertz CT molecular complexity index is 1320. The highest BCUT2D eigenvalue weighted by atomic mass is 28.4. The number of nitrogens with one attached hydrogen (secondary N) is 2. The van der Waals surface area contributed by atoms with Gasteiger partial charge in [-0.05, 0) is 68.1 Å². The molecule has 1 aliphatic rings. The average molecular weight is 490 g/mol. The van der Waals surface area contributed by atoms with E-state index in [-0.39, 0.29) is 11.1 Å². The van der Waals surface area contributed by atoms with Gasteiger partial charge in [0, 0.05) is 23.4 Å². The van der Waals surface area contributed by atoms with Gasteiger partial charge >= 0.3 is 0 Å². The molecule has 1 fully saturated rings. The first-order valence-corrected chi connectivity index (χ1v) is 15.4. The molecule has 0 unspecified atom stereocenters. The summed E-state index contributed by atoms with van der Waals surface area (Å²) in [6.45, 7) is 11.6. The number of imidazole rings is 1. The summed E-state index contributed by atoms with van der Waals surface area (Å²) in [7, 11) is -1.74. The third kappa shape index (κ3) is 5.18. The van der Waals surface area contributed by atoms with Crippen LogP contribution in [0.15, 0.2) is 48.9 Å². The molecule has 0 bridgehead atoms. The number of aromatic amines is 1. The first-order chi connectivity index (χ1) is 16.7. The highest BCUT2D eigenvalue weighted by Gasteiger charge is 2.40. The van der Waals surface area contributed by atoms with Crippen molar-refractivity contribution in [1.29, 1.82) is 0 Å². The number of aromatic nitrogens is 4. The molecule has 0 amide bonds. The van der Waals surface area contributed by atoms with E-state index in [1.165, 1.54) is 0 Å². The molecule has 184 valence electrons. The number of ether oxygens (including phenoxy) is 1. The number of anilines is 2. The maximum Gasteiger partial charge on any atom is 0.227 e. The number of nitrogens with zero attached hydrogens (tertiary/aromatic N) is 3. The normalized spacial score (nSPS) is 19.2. The van der Waals surface area contributed by atoms with Crippen LogP contribution in [0.2, 0.25) is 18.1 Å². The third-order valence-electron chi connectivity index (χ3n) is 7.43. The van der Waals surface area contributed by atoms with Gasteiger partial charge in [0.05, 0.1) is 23.5 Å². The largest absolute Gasteiger partial charge is 0.488 e. The van der Waals surface area contributed by atoms with Gasteiger partial charge in [0.2, 0.25) is 5.95 Å². The van der Waals surface area contributed by atoms with E-state index in [1.54, 1.807) is 6.33 Å². The molecule has 0 aliphatic heterocycles. The Balaban J connectivity index is 1.27. The van der Waals surface area contributed by atoms with Crippen molar-refractivity contribution in [2.24, 2.45) is 0 Å². The Hall–Kier alpha value is -2.97. The monoisotopic (exact) mass is 489 g/mol. The molecule has 1 aliphatic carbocycles. The summed E-state index contributed by atoms with van der Waals surface area (Å²) in [5, 5.41) is 4.51. The van der Waals surface area contributed by atoms with Crippen molar-refractivity contribution in [1.82, 2.24) is 19.9 Å². The Morgan fingerprint density at radius 1 is 1.00 bits per heavy atom. The van der Waals surface area contributed by atoms with Crippen LogP contribution in [-0.2, 0) is 4.43 Å². The first-order valence-electron chi connectivity index (χ1n) is 12.5. The predicted octanol–water partition coefficient (Wildman–Crippen LogP) is 6.96. The fourth-order valence-electron chi connectivity index (χ4n) is 4.37. The molecule has 0 atom stereocenters. The minimum absolute atomic E-state index is 0.175. The molecular weight excluding hydrogens is 454 g/mol. The van der Waals surface area contributed by atoms with Crippen LogP contribution in [-0.4, -0.2) is 40.5 Å². The van der Waals surface area contributed by atoms with Crippen LogP contribution in [0, 0.1) is 0 Å². The zero-order chi connectivity index (χ0) is 24.6. The first kappa shape index (κ1) is 23.8. The second-order valence-electron chi connectivity index (χ2n) is 11.0. The summed E-state index contributed by atoms with van der Waals surface area (Å²) in [4.78, 5) is 16.7. The van der Waals surface area contributed by atoms with E-state index in [4.69, 9.17) is 14.1 Å². The lowest BCUT2D eigenvalue weighted by Gasteiger charge is -2.41. The SMILES string of the molecule is CC(C)(C)[Si](C)(C)O[C@H]1CC[C@@H](Oc2cccc3cnc(Nc4ccc5nc[nH]c5c4)nc23)CC1. The van der Waals surface area contributed by atoms with Crippen molar-refractivity contribution < 1.29 is 9.16 Å². The highest BCUT2D eigenvalue weighted by molar-refractivity contribution is 6.74. The molecule has 2 aromatic carbocycles. The van der Waals surface area contributed by atoms with Crippen molar-refractivity contribution in [3.05, 3.63) is 48.9 Å². The summed E-state index contributed by atoms with van der Waals surface area (Å²) in [5.41, 5.74) is 3.62. The lowest BCUT2D eigenvalue weighted by atomic mass is 9.95. The van der Waals surface area contributed by atoms with Gasteiger partial charge in [-0.1, -0.05) is 32.9 Å². The zero-order valence-electron chi connectivity index (χ0n) is 21.3. The van der Waals surface area contributed by atoms with Gasteiger partial charge in [0.1, 0.15) is 11.3 Å². The van der Waals surface area contributed by atoms with Crippen LogP contribution >= 0.6 is 0 Å². The molecule has 5 rings (SSSR count). The van der Waals surface area contributed by atoms with E-state index in [2.05, 4.69) is 54.1 Å². The summed E-state index contributed by atoms with van der Waals surface area (Å²) in [5.74, 6) is 1.35. The molecule has 2 aromatic heterocycles.